The number of hydrogen-bond donors (Lipinski definition) is 2. The van der Waals surface area contributed by atoms with Gasteiger partial charge in [-0.15, -0.1) is 0 Å². The summed E-state index contributed by atoms with van der Waals surface area (Å²) in [5.41, 5.74) is 0.793. The summed E-state index contributed by atoms with van der Waals surface area (Å²) in [5.74, 6) is -0.759. The van der Waals surface area contributed by atoms with Crippen molar-refractivity contribution in [2.75, 3.05) is 13.2 Å². The molecule has 1 aromatic carbocycles. The first-order valence-corrected chi connectivity index (χ1v) is 9.85. The van der Waals surface area contributed by atoms with E-state index in [0.717, 1.165) is 5.56 Å². The maximum absolute atomic E-state index is 12.1. The van der Waals surface area contributed by atoms with Crippen LogP contribution in [0.4, 0.5) is 4.79 Å². The van der Waals surface area contributed by atoms with E-state index in [9.17, 15) is 19.2 Å². The number of hydrogen-bond acceptors (Lipinski definition) is 7. The summed E-state index contributed by atoms with van der Waals surface area (Å²) in [6.07, 6.45) is -1.07. The molecule has 0 unspecified atom stereocenters. The zero-order chi connectivity index (χ0) is 20.7. The van der Waals surface area contributed by atoms with Crippen molar-refractivity contribution in [3.63, 3.8) is 0 Å². The van der Waals surface area contributed by atoms with Crippen LogP contribution in [0.15, 0.2) is 30.3 Å². The van der Waals surface area contributed by atoms with Gasteiger partial charge in [-0.25, -0.2) is 4.79 Å². The number of ether oxygens (including phenoxy) is 2. The maximum Gasteiger partial charge on any atom is 0.508 e. The highest BCUT2D eigenvalue weighted by molar-refractivity contribution is 8.14. The van der Waals surface area contributed by atoms with Gasteiger partial charge in [0, 0.05) is 0 Å². The third-order valence-electron chi connectivity index (χ3n) is 3.31. The molecule has 1 aliphatic heterocycles. The molecule has 0 radical (unpaired) electrons. The molecule has 1 aliphatic rings. The predicted molar refractivity (Wildman–Crippen MR) is 104 cm³/mol. The Hall–Kier alpha value is -1.68. The average molecular weight is 470 g/mol. The summed E-state index contributed by atoms with van der Waals surface area (Å²) in [6.45, 7) is -1.15. The number of alkyl halides is 3. The van der Waals surface area contributed by atoms with Gasteiger partial charge in [0.2, 0.25) is 20.7 Å². The Labute approximate surface area is 179 Å². The maximum atomic E-state index is 12.1. The number of β-lactam (4-membered cyclic amide) rings is 1. The lowest BCUT2D eigenvalue weighted by Gasteiger charge is -2.35. The van der Waals surface area contributed by atoms with Crippen LogP contribution in [-0.2, 0) is 30.3 Å². The molecule has 152 valence electrons. The first-order valence-electron chi connectivity index (χ1n) is 7.83. The Morgan fingerprint density at radius 2 is 1.82 bits per heavy atom. The van der Waals surface area contributed by atoms with Crippen molar-refractivity contribution in [2.45, 2.75) is 21.6 Å². The highest BCUT2D eigenvalue weighted by atomic mass is 35.6. The summed E-state index contributed by atoms with van der Waals surface area (Å²) < 4.78 is 7.30. The van der Waals surface area contributed by atoms with E-state index in [1.807, 2.05) is 6.07 Å². The minimum Gasteiger partial charge on any atom is -0.430 e. The van der Waals surface area contributed by atoms with Crippen LogP contribution in [0, 0.1) is 0 Å². The molecule has 2 atom stereocenters. The highest BCUT2D eigenvalue weighted by Crippen LogP contribution is 2.26. The summed E-state index contributed by atoms with van der Waals surface area (Å²) in [5, 5.41) is 3.84. The molecule has 0 saturated carbocycles. The lowest BCUT2D eigenvalue weighted by molar-refractivity contribution is -0.134. The molecule has 0 bridgehead atoms. The van der Waals surface area contributed by atoms with E-state index in [1.54, 1.807) is 24.3 Å². The summed E-state index contributed by atoms with van der Waals surface area (Å²) in [4.78, 5) is 46.9. The van der Waals surface area contributed by atoms with Crippen molar-refractivity contribution >= 4 is 69.6 Å². The zero-order valence-corrected chi connectivity index (χ0v) is 17.2. The topological polar surface area (TPSA) is 111 Å². The molecule has 1 heterocycles. The van der Waals surface area contributed by atoms with Gasteiger partial charge in [0.25, 0.3) is 0 Å². The van der Waals surface area contributed by atoms with Gasteiger partial charge in [-0.1, -0.05) is 76.9 Å². The van der Waals surface area contributed by atoms with Crippen molar-refractivity contribution in [2.24, 2.45) is 0 Å². The van der Waals surface area contributed by atoms with Gasteiger partial charge in [-0.2, -0.15) is 0 Å². The largest absolute Gasteiger partial charge is 0.508 e. The Kier molecular flexibility index (Phi) is 8.23. The zero-order valence-electron chi connectivity index (χ0n) is 14.2. The van der Waals surface area contributed by atoms with Gasteiger partial charge >= 0.3 is 6.16 Å². The summed E-state index contributed by atoms with van der Waals surface area (Å²) >= 11 is 16.9. The third kappa shape index (κ3) is 7.75. The van der Waals surface area contributed by atoms with E-state index in [4.69, 9.17) is 34.8 Å². The van der Waals surface area contributed by atoms with Gasteiger partial charge in [0.05, 0.1) is 6.42 Å². The van der Waals surface area contributed by atoms with E-state index in [2.05, 4.69) is 20.1 Å². The minimum atomic E-state index is -1.79. The second-order valence-electron chi connectivity index (χ2n) is 5.57. The second-order valence-corrected chi connectivity index (χ2v) is 9.28. The fourth-order valence-corrected chi connectivity index (χ4v) is 3.15. The lowest BCUT2D eigenvalue weighted by atomic mass is 10.1. The number of nitrogens with one attached hydrogen (secondary N) is 2. The van der Waals surface area contributed by atoms with Gasteiger partial charge in [0.1, 0.15) is 18.0 Å². The number of rotatable bonds is 7. The smallest absolute Gasteiger partial charge is 0.430 e. The van der Waals surface area contributed by atoms with Crippen LogP contribution in [-0.4, -0.2) is 51.5 Å². The first kappa shape index (κ1) is 22.6. The van der Waals surface area contributed by atoms with Crippen LogP contribution in [0.1, 0.15) is 5.56 Å². The Balaban J connectivity index is 1.72. The number of amides is 2. The molecule has 2 rings (SSSR count). The van der Waals surface area contributed by atoms with Crippen molar-refractivity contribution in [1.29, 1.82) is 0 Å². The lowest BCUT2D eigenvalue weighted by Crippen LogP contribution is -2.68. The van der Waals surface area contributed by atoms with Crippen LogP contribution < -0.4 is 10.6 Å². The second kappa shape index (κ2) is 10.2. The third-order valence-corrected chi connectivity index (χ3v) is 4.67. The summed E-state index contributed by atoms with van der Waals surface area (Å²) in [6, 6.07) is 8.14. The Bertz CT molecular complexity index is 744. The molecule has 0 aliphatic carbocycles. The highest BCUT2D eigenvalue weighted by Gasteiger charge is 2.42. The first-order chi connectivity index (χ1) is 13.1. The Morgan fingerprint density at radius 3 is 2.43 bits per heavy atom. The summed E-state index contributed by atoms with van der Waals surface area (Å²) in [7, 11) is 0. The molecular formula is C16H15Cl3N2O6S. The molecule has 12 heteroatoms. The fraction of sp³-hybridized carbons (Fsp3) is 0.375. The predicted octanol–water partition coefficient (Wildman–Crippen LogP) is 1.95. The molecule has 1 fully saturated rings. The van der Waals surface area contributed by atoms with Gasteiger partial charge in [0.15, 0.2) is 6.61 Å². The van der Waals surface area contributed by atoms with Gasteiger partial charge < -0.3 is 20.1 Å². The normalized spacial score (nSPS) is 18.5. The number of halogens is 3. The number of carbonyl (C=O) groups excluding carboxylic acids is 4. The van der Waals surface area contributed by atoms with E-state index in [1.165, 1.54) is 0 Å². The molecule has 8 nitrogen and oxygen atoms in total. The Morgan fingerprint density at radius 1 is 1.14 bits per heavy atom. The molecule has 1 saturated heterocycles. The van der Waals surface area contributed by atoms with Crippen molar-refractivity contribution in [1.82, 2.24) is 10.6 Å². The molecule has 0 spiro atoms. The van der Waals surface area contributed by atoms with E-state index in [0.29, 0.717) is 11.8 Å². The number of thioether (sulfide) groups is 1. The van der Waals surface area contributed by atoms with E-state index >= 15 is 0 Å². The van der Waals surface area contributed by atoms with Crippen LogP contribution in [0.2, 0.25) is 0 Å². The monoisotopic (exact) mass is 468 g/mol. The SMILES string of the molecule is O=C(Cc1ccccc1)N[C@@H]1C(=O)N[C@@H]1SC(=O)COC(=O)OCC(Cl)(Cl)Cl. The van der Waals surface area contributed by atoms with Gasteiger partial charge in [-0.05, 0) is 5.56 Å². The van der Waals surface area contributed by atoms with Crippen LogP contribution in [0.25, 0.3) is 0 Å². The molecule has 2 amide bonds. The number of benzene rings is 1. The van der Waals surface area contributed by atoms with Crippen LogP contribution in [0.3, 0.4) is 0 Å². The molecule has 0 aromatic heterocycles. The average Bonchev–Trinajstić information content (AvgIpc) is 2.63. The molecule has 1 aromatic rings. The molecular weight excluding hydrogens is 455 g/mol. The minimum absolute atomic E-state index is 0.105. The standard InChI is InChI=1S/C16H15Cl3N2O6S/c17-16(18,19)8-27-15(25)26-7-11(23)28-14-12(13(24)21-14)20-10(22)6-9-4-2-1-3-5-9/h1-5,12,14H,6-8H2,(H,20,22)(H,21,24)/t12-,14-/m1/s1. The quantitative estimate of drug-likeness (QED) is 0.357. The number of carbonyl (C=O) groups is 4. The van der Waals surface area contributed by atoms with E-state index in [-0.39, 0.29) is 12.3 Å². The van der Waals surface area contributed by atoms with Crippen LogP contribution >= 0.6 is 46.6 Å². The molecule has 28 heavy (non-hydrogen) atoms. The van der Waals surface area contributed by atoms with Crippen molar-refractivity contribution in [3.05, 3.63) is 35.9 Å². The van der Waals surface area contributed by atoms with Crippen LogP contribution in [0.5, 0.6) is 0 Å². The fourth-order valence-electron chi connectivity index (χ4n) is 2.07. The molecule has 2 N–H and O–H groups in total. The van der Waals surface area contributed by atoms with E-state index < -0.39 is 45.6 Å². The van der Waals surface area contributed by atoms with Crippen molar-refractivity contribution in [3.8, 4) is 0 Å². The van der Waals surface area contributed by atoms with Crippen molar-refractivity contribution < 1.29 is 28.7 Å². The van der Waals surface area contributed by atoms with Gasteiger partial charge in [-0.3, -0.25) is 14.4 Å².